The third kappa shape index (κ3) is 1.96. The summed E-state index contributed by atoms with van der Waals surface area (Å²) in [5.41, 5.74) is 0.951. The van der Waals surface area contributed by atoms with Crippen molar-refractivity contribution < 1.29 is 0 Å². The van der Waals surface area contributed by atoms with Crippen molar-refractivity contribution in [1.82, 2.24) is 0 Å². The minimum Gasteiger partial charge on any atom is -0.0879 e. The normalized spacial score (nSPS) is 39.1. The van der Waals surface area contributed by atoms with Gasteiger partial charge in [0.05, 0.1) is 0 Å². The molecule has 4 unspecified atom stereocenters. The van der Waals surface area contributed by atoms with Crippen LogP contribution < -0.4 is 0 Å². The number of hydrogen-bond acceptors (Lipinski definition) is 0. The van der Waals surface area contributed by atoms with Gasteiger partial charge in [-0.3, -0.25) is 0 Å². The molecule has 0 heterocycles. The Bertz CT molecular complexity index is 284. The molecule has 0 aromatic rings. The van der Waals surface area contributed by atoms with E-state index >= 15 is 0 Å². The summed E-state index contributed by atoms with van der Waals surface area (Å²) in [5.74, 6) is 3.60. The molecule has 1 saturated carbocycles. The van der Waals surface area contributed by atoms with Crippen molar-refractivity contribution in [3.8, 4) is 0 Å². The van der Waals surface area contributed by atoms with Gasteiger partial charge in [-0.05, 0) is 47.3 Å². The van der Waals surface area contributed by atoms with E-state index in [1.54, 1.807) is 0 Å². The van der Waals surface area contributed by atoms with E-state index in [2.05, 4.69) is 53.7 Å². The first-order chi connectivity index (χ1) is 7.21. The quantitative estimate of drug-likeness (QED) is 0.509. The van der Waals surface area contributed by atoms with Gasteiger partial charge >= 0.3 is 0 Å². The zero-order valence-corrected chi connectivity index (χ0v) is 11.9. The number of rotatable bonds is 0. The van der Waals surface area contributed by atoms with Crippen LogP contribution in [-0.4, -0.2) is 0 Å². The maximum atomic E-state index is 2.52. The van der Waals surface area contributed by atoms with Gasteiger partial charge in [0.25, 0.3) is 0 Å². The van der Waals surface area contributed by atoms with Gasteiger partial charge in [-0.2, -0.15) is 0 Å². The highest BCUT2D eigenvalue weighted by Gasteiger charge is 2.50. The largest absolute Gasteiger partial charge is 0.0879 e. The molecule has 0 nitrogen and oxygen atoms in total. The summed E-state index contributed by atoms with van der Waals surface area (Å²) in [4.78, 5) is 0. The predicted molar refractivity (Wildman–Crippen MR) is 71.2 cm³/mol. The van der Waals surface area contributed by atoms with Gasteiger partial charge in [0.2, 0.25) is 0 Å². The highest BCUT2D eigenvalue weighted by atomic mass is 14.5. The molecule has 0 spiro atoms. The molecule has 92 valence electrons. The molecule has 0 aliphatic heterocycles. The fourth-order valence-electron chi connectivity index (χ4n) is 4.09. The van der Waals surface area contributed by atoms with Crippen LogP contribution in [0, 0.1) is 34.5 Å². The maximum absolute atomic E-state index is 2.52. The van der Waals surface area contributed by atoms with E-state index in [9.17, 15) is 0 Å². The Kier molecular flexibility index (Phi) is 2.76. The topological polar surface area (TPSA) is 0 Å². The van der Waals surface area contributed by atoms with Crippen molar-refractivity contribution in [1.29, 1.82) is 0 Å². The monoisotopic (exact) mass is 220 g/mol. The Balaban J connectivity index is 2.24. The molecule has 2 rings (SSSR count). The maximum Gasteiger partial charge on any atom is -0.0166 e. The van der Waals surface area contributed by atoms with Gasteiger partial charge in [0, 0.05) is 0 Å². The molecule has 2 aliphatic rings. The predicted octanol–water partition coefficient (Wildman–Crippen LogP) is 4.91. The molecule has 0 amide bonds. The van der Waals surface area contributed by atoms with Crippen molar-refractivity contribution in [2.24, 2.45) is 34.5 Å². The summed E-state index contributed by atoms with van der Waals surface area (Å²) in [7, 11) is 0. The molecule has 0 radical (unpaired) electrons. The lowest BCUT2D eigenvalue weighted by molar-refractivity contribution is 0.176. The Morgan fingerprint density at radius 1 is 0.875 bits per heavy atom. The third-order valence-corrected chi connectivity index (χ3v) is 4.97. The van der Waals surface area contributed by atoms with Crippen molar-refractivity contribution in [3.05, 3.63) is 12.2 Å². The van der Waals surface area contributed by atoms with Crippen LogP contribution in [0.25, 0.3) is 0 Å². The molecular formula is C16H28. The van der Waals surface area contributed by atoms with Gasteiger partial charge in [-0.25, -0.2) is 0 Å². The highest BCUT2D eigenvalue weighted by molar-refractivity contribution is 5.12. The average molecular weight is 220 g/mol. The Morgan fingerprint density at radius 3 is 1.94 bits per heavy atom. The molecule has 4 atom stereocenters. The van der Waals surface area contributed by atoms with Gasteiger partial charge in [0.1, 0.15) is 0 Å². The molecule has 0 aromatic carbocycles. The molecule has 0 bridgehead atoms. The second-order valence-corrected chi connectivity index (χ2v) is 8.09. The molecule has 16 heavy (non-hydrogen) atoms. The smallest absolute Gasteiger partial charge is 0.0166 e. The first-order valence-electron chi connectivity index (χ1n) is 6.88. The summed E-state index contributed by atoms with van der Waals surface area (Å²) in [6, 6.07) is 0. The molecule has 0 aromatic heterocycles. The molecule has 0 saturated heterocycles. The van der Waals surface area contributed by atoms with E-state index in [0.29, 0.717) is 10.8 Å². The summed E-state index contributed by atoms with van der Waals surface area (Å²) in [6.07, 6.45) is 7.73. The van der Waals surface area contributed by atoms with E-state index in [4.69, 9.17) is 0 Å². The Labute approximate surface area is 102 Å². The number of fused-ring (bicyclic) bond motifs is 1. The van der Waals surface area contributed by atoms with Crippen LogP contribution in [0.1, 0.15) is 54.4 Å². The second kappa shape index (κ2) is 3.62. The van der Waals surface area contributed by atoms with E-state index in [1.807, 2.05) is 0 Å². The first kappa shape index (κ1) is 12.2. The van der Waals surface area contributed by atoms with Crippen molar-refractivity contribution >= 4 is 0 Å². The number of allylic oxidation sites excluding steroid dienone is 2. The lowest BCUT2D eigenvalue weighted by atomic mass is 9.73. The van der Waals surface area contributed by atoms with Crippen LogP contribution in [0.5, 0.6) is 0 Å². The minimum absolute atomic E-state index is 0.470. The minimum atomic E-state index is 0.470. The van der Waals surface area contributed by atoms with Crippen LogP contribution >= 0.6 is 0 Å². The third-order valence-electron chi connectivity index (χ3n) is 4.97. The van der Waals surface area contributed by atoms with Crippen LogP contribution in [0.15, 0.2) is 12.2 Å². The van der Waals surface area contributed by atoms with Crippen LogP contribution in [0.2, 0.25) is 0 Å². The molecule has 0 N–H and O–H groups in total. The first-order valence-corrected chi connectivity index (χ1v) is 6.88. The highest BCUT2D eigenvalue weighted by Crippen LogP contribution is 2.58. The van der Waals surface area contributed by atoms with Gasteiger partial charge in [0.15, 0.2) is 0 Å². The van der Waals surface area contributed by atoms with Crippen LogP contribution in [-0.2, 0) is 0 Å². The van der Waals surface area contributed by atoms with Crippen LogP contribution in [0.4, 0.5) is 0 Å². The fraction of sp³-hybridized carbons (Fsp3) is 0.875. The molecular weight excluding hydrogens is 192 g/mol. The zero-order chi connectivity index (χ0) is 12.1. The summed E-state index contributed by atoms with van der Waals surface area (Å²) >= 11 is 0. The van der Waals surface area contributed by atoms with E-state index < -0.39 is 0 Å². The van der Waals surface area contributed by atoms with Gasteiger partial charge < -0.3 is 0 Å². The standard InChI is InChI=1S/C16H28/c1-15(2,3)13-10-14(16(4,5)6)12-9-7-8-11(12)13/h7-8,11-14H,9-10H2,1-6H3. The zero-order valence-electron chi connectivity index (χ0n) is 11.9. The SMILES string of the molecule is CC(C)(C)C1CC(C(C)(C)C)C2CC=CC21. The van der Waals surface area contributed by atoms with Gasteiger partial charge in [-0.15, -0.1) is 0 Å². The van der Waals surface area contributed by atoms with Crippen molar-refractivity contribution in [2.75, 3.05) is 0 Å². The molecule has 1 fully saturated rings. The fourth-order valence-corrected chi connectivity index (χ4v) is 4.09. The van der Waals surface area contributed by atoms with Crippen molar-refractivity contribution in [2.45, 2.75) is 54.4 Å². The van der Waals surface area contributed by atoms with E-state index in [-0.39, 0.29) is 0 Å². The Morgan fingerprint density at radius 2 is 1.44 bits per heavy atom. The summed E-state index contributed by atoms with van der Waals surface area (Å²) < 4.78 is 0. The lowest BCUT2D eigenvalue weighted by Crippen LogP contribution is -2.24. The molecule has 0 heteroatoms. The Hall–Kier alpha value is -0.260. The second-order valence-electron chi connectivity index (χ2n) is 8.09. The number of hydrogen-bond donors (Lipinski definition) is 0. The lowest BCUT2D eigenvalue weighted by Gasteiger charge is -2.32. The van der Waals surface area contributed by atoms with Crippen LogP contribution in [0.3, 0.4) is 0 Å². The van der Waals surface area contributed by atoms with E-state index in [1.165, 1.54) is 12.8 Å². The van der Waals surface area contributed by atoms with Gasteiger partial charge in [-0.1, -0.05) is 53.7 Å². The van der Waals surface area contributed by atoms with Crippen molar-refractivity contribution in [3.63, 3.8) is 0 Å². The average Bonchev–Trinajstić information content (AvgIpc) is 2.54. The summed E-state index contributed by atoms with van der Waals surface area (Å²) in [6.45, 7) is 14.6. The molecule has 2 aliphatic carbocycles. The summed E-state index contributed by atoms with van der Waals surface area (Å²) in [5, 5.41) is 0. The van der Waals surface area contributed by atoms with E-state index in [0.717, 1.165) is 23.7 Å².